The topological polar surface area (TPSA) is 18.8 Å². The lowest BCUT2D eigenvalue weighted by Crippen LogP contribution is -2.42. The van der Waals surface area contributed by atoms with Gasteiger partial charge in [-0.1, -0.05) is 43.7 Å². The van der Waals surface area contributed by atoms with Gasteiger partial charge in [0.1, 0.15) is 7.36 Å². The molecule has 4 heteroatoms. The van der Waals surface area contributed by atoms with Gasteiger partial charge in [0.15, 0.2) is 0 Å². The Kier molecular flexibility index (Phi) is 6.93. The van der Waals surface area contributed by atoms with E-state index in [1.54, 1.807) is 0 Å². The van der Waals surface area contributed by atoms with E-state index in [1.165, 1.54) is 43.5 Å². The summed E-state index contributed by atoms with van der Waals surface area (Å²) in [4.78, 5) is 0. The number of hydrogen-bond donors (Lipinski definition) is 0. The molecular weight excluding hydrogens is 325 g/mol. The molecule has 0 N–H and O–H groups in total. The van der Waals surface area contributed by atoms with Gasteiger partial charge in [-0.25, -0.2) is 0 Å². The number of aryl methyl sites for hydroxylation is 1. The summed E-state index contributed by atoms with van der Waals surface area (Å²) in [5, 5.41) is 0. The third-order valence-corrected chi connectivity index (χ3v) is 10.2. The van der Waals surface area contributed by atoms with Gasteiger partial charge >= 0.3 is 0 Å². The second-order valence-corrected chi connectivity index (χ2v) is 11.9. The first-order valence-corrected chi connectivity index (χ1v) is 11.6. The summed E-state index contributed by atoms with van der Waals surface area (Å²) in [6, 6.07) is 9.06. The van der Waals surface area contributed by atoms with Gasteiger partial charge in [-0.2, -0.15) is 0 Å². The van der Waals surface area contributed by atoms with E-state index in [-0.39, 0.29) is 5.54 Å². The second-order valence-electron chi connectivity index (χ2n) is 8.46. The molecule has 1 heterocycles. The third kappa shape index (κ3) is 4.76. The fourth-order valence-corrected chi connectivity index (χ4v) is 9.03. The zero-order chi connectivity index (χ0) is 18.7. The lowest BCUT2D eigenvalue weighted by Gasteiger charge is -2.51. The Bertz CT molecular complexity index is 597. The van der Waals surface area contributed by atoms with Crippen molar-refractivity contribution < 1.29 is 0 Å². The van der Waals surface area contributed by atoms with Crippen LogP contribution in [0.5, 0.6) is 0 Å². The first kappa shape index (κ1) is 20.7. The fourth-order valence-electron chi connectivity index (χ4n) is 4.03. The molecule has 2 rings (SSSR count). The van der Waals surface area contributed by atoms with Crippen molar-refractivity contribution in [3.05, 3.63) is 35.4 Å². The standard InChI is InChI=1S/C21H38N3P/c1-8-20(9-2)25(22-21(4,5)6)23(7)15-10-16-24(25)17-19-13-11-18(3)12-14-19/h11-14,20H,8-10,15-17H2,1-7H3. The molecule has 0 bridgehead atoms. The molecular formula is C21H38N3P. The van der Waals surface area contributed by atoms with Crippen LogP contribution >= 0.6 is 7.36 Å². The highest BCUT2D eigenvalue weighted by molar-refractivity contribution is 7.62. The van der Waals surface area contributed by atoms with Crippen molar-refractivity contribution in [1.82, 2.24) is 9.34 Å². The molecule has 1 fully saturated rings. The van der Waals surface area contributed by atoms with Crippen molar-refractivity contribution in [3.63, 3.8) is 0 Å². The first-order valence-electron chi connectivity index (χ1n) is 9.88. The predicted molar refractivity (Wildman–Crippen MR) is 112 cm³/mol. The van der Waals surface area contributed by atoms with Crippen LogP contribution in [-0.4, -0.2) is 40.7 Å². The molecule has 142 valence electrons. The first-order chi connectivity index (χ1) is 11.7. The molecule has 1 unspecified atom stereocenters. The van der Waals surface area contributed by atoms with E-state index >= 15 is 0 Å². The van der Waals surface area contributed by atoms with Gasteiger partial charge in [0.2, 0.25) is 0 Å². The van der Waals surface area contributed by atoms with E-state index in [9.17, 15) is 0 Å². The maximum absolute atomic E-state index is 5.58. The van der Waals surface area contributed by atoms with Crippen LogP contribution in [0.2, 0.25) is 0 Å². The SMILES string of the molecule is CCC(CC)P1(=NC(C)(C)C)N(C)CCCN1Cc1ccc(C)cc1. The van der Waals surface area contributed by atoms with Crippen LogP contribution in [0.3, 0.4) is 0 Å². The Labute approximate surface area is 156 Å². The Morgan fingerprint density at radius 2 is 1.68 bits per heavy atom. The average molecular weight is 364 g/mol. The average Bonchev–Trinajstić information content (AvgIpc) is 2.53. The van der Waals surface area contributed by atoms with Gasteiger partial charge in [0, 0.05) is 25.3 Å². The molecule has 0 amide bonds. The zero-order valence-corrected chi connectivity index (χ0v) is 18.3. The molecule has 0 radical (unpaired) electrons. The van der Waals surface area contributed by atoms with Gasteiger partial charge in [-0.15, -0.1) is 0 Å². The monoisotopic (exact) mass is 363 g/mol. The Morgan fingerprint density at radius 3 is 2.20 bits per heavy atom. The quantitative estimate of drug-likeness (QED) is 0.584. The van der Waals surface area contributed by atoms with Crippen molar-refractivity contribution in [3.8, 4) is 0 Å². The van der Waals surface area contributed by atoms with Crippen molar-refractivity contribution in [2.75, 3.05) is 20.1 Å². The third-order valence-electron chi connectivity index (χ3n) is 5.18. The summed E-state index contributed by atoms with van der Waals surface area (Å²) in [5.41, 5.74) is 3.40. The van der Waals surface area contributed by atoms with Crippen LogP contribution in [0.25, 0.3) is 0 Å². The minimum Gasteiger partial charge on any atom is -0.268 e. The normalized spacial score (nSPS) is 23.2. The van der Waals surface area contributed by atoms with E-state index in [4.69, 9.17) is 4.74 Å². The zero-order valence-electron chi connectivity index (χ0n) is 17.4. The minimum absolute atomic E-state index is 0.00645. The highest BCUT2D eigenvalue weighted by atomic mass is 31.2. The highest BCUT2D eigenvalue weighted by Crippen LogP contribution is 2.65. The van der Waals surface area contributed by atoms with E-state index < -0.39 is 7.36 Å². The van der Waals surface area contributed by atoms with Crippen LogP contribution in [0.4, 0.5) is 0 Å². The molecule has 1 aliphatic rings. The fraction of sp³-hybridized carbons (Fsp3) is 0.714. The van der Waals surface area contributed by atoms with Crippen LogP contribution in [0.1, 0.15) is 65.0 Å². The minimum atomic E-state index is -1.71. The van der Waals surface area contributed by atoms with Crippen LogP contribution < -0.4 is 0 Å². The maximum Gasteiger partial charge on any atom is 0.101 e. The van der Waals surface area contributed by atoms with Crippen LogP contribution in [0, 0.1) is 6.92 Å². The lowest BCUT2D eigenvalue weighted by molar-refractivity contribution is 0.319. The van der Waals surface area contributed by atoms with E-state index in [0.717, 1.165) is 6.54 Å². The van der Waals surface area contributed by atoms with Crippen LogP contribution in [0.15, 0.2) is 29.0 Å². The van der Waals surface area contributed by atoms with Gasteiger partial charge in [-0.3, -0.25) is 14.1 Å². The van der Waals surface area contributed by atoms with Crippen molar-refractivity contribution in [1.29, 1.82) is 0 Å². The van der Waals surface area contributed by atoms with Gasteiger partial charge in [0.25, 0.3) is 0 Å². The Hall–Kier alpha value is -0.630. The molecule has 1 aliphatic heterocycles. The van der Waals surface area contributed by atoms with Gasteiger partial charge in [-0.05, 0) is 59.6 Å². The largest absolute Gasteiger partial charge is 0.268 e. The molecule has 0 spiro atoms. The summed E-state index contributed by atoms with van der Waals surface area (Å²) < 4.78 is 11.0. The lowest BCUT2D eigenvalue weighted by atomic mass is 10.1. The van der Waals surface area contributed by atoms with E-state index in [2.05, 4.69) is 82.2 Å². The highest BCUT2D eigenvalue weighted by Gasteiger charge is 2.41. The predicted octanol–water partition coefficient (Wildman–Crippen LogP) is 6.15. The number of benzene rings is 1. The molecule has 1 aromatic carbocycles. The molecule has 1 aromatic rings. The van der Waals surface area contributed by atoms with Crippen molar-refractivity contribution in [2.45, 2.75) is 78.5 Å². The van der Waals surface area contributed by atoms with Crippen molar-refractivity contribution in [2.24, 2.45) is 4.74 Å². The molecule has 1 saturated heterocycles. The molecule has 25 heavy (non-hydrogen) atoms. The van der Waals surface area contributed by atoms with Crippen molar-refractivity contribution >= 4 is 7.36 Å². The number of hydrogen-bond acceptors (Lipinski definition) is 1. The van der Waals surface area contributed by atoms with E-state index in [0.29, 0.717) is 5.66 Å². The molecule has 3 nitrogen and oxygen atoms in total. The van der Waals surface area contributed by atoms with Gasteiger partial charge < -0.3 is 0 Å². The molecule has 0 aliphatic carbocycles. The summed E-state index contributed by atoms with van der Waals surface area (Å²) in [7, 11) is 0.613. The maximum atomic E-state index is 5.58. The van der Waals surface area contributed by atoms with Gasteiger partial charge in [0.05, 0.1) is 5.54 Å². The summed E-state index contributed by atoms with van der Waals surface area (Å²) in [6.45, 7) is 17.0. The second kappa shape index (κ2) is 8.37. The smallest absolute Gasteiger partial charge is 0.101 e. The summed E-state index contributed by atoms with van der Waals surface area (Å²) in [5.74, 6) is 0. The number of nitrogens with zero attached hydrogens (tertiary/aromatic N) is 3. The Morgan fingerprint density at radius 1 is 1.08 bits per heavy atom. The Balaban J connectivity index is 2.52. The molecule has 0 aromatic heterocycles. The van der Waals surface area contributed by atoms with Crippen LogP contribution in [-0.2, 0) is 6.54 Å². The number of rotatable bonds is 5. The molecule has 1 atom stereocenters. The summed E-state index contributed by atoms with van der Waals surface area (Å²) >= 11 is 0. The molecule has 0 saturated carbocycles. The van der Waals surface area contributed by atoms with E-state index in [1.807, 2.05) is 0 Å². The summed E-state index contributed by atoms with van der Waals surface area (Å²) in [6.07, 6.45) is 3.65.